The van der Waals surface area contributed by atoms with Crippen LogP contribution in [0.1, 0.15) is 5.56 Å². The third kappa shape index (κ3) is 3.40. The lowest BCUT2D eigenvalue weighted by atomic mass is 10.1. The summed E-state index contributed by atoms with van der Waals surface area (Å²) in [6.45, 7) is 2.24. The van der Waals surface area contributed by atoms with Crippen LogP contribution in [0.3, 0.4) is 0 Å². The van der Waals surface area contributed by atoms with Gasteiger partial charge in [-0.2, -0.15) is 0 Å². The van der Waals surface area contributed by atoms with Crippen LogP contribution in [-0.4, -0.2) is 43.4 Å². The molecule has 2 aromatic rings. The van der Waals surface area contributed by atoms with E-state index in [4.69, 9.17) is 0 Å². The van der Waals surface area contributed by atoms with Gasteiger partial charge >= 0.3 is 0 Å². The summed E-state index contributed by atoms with van der Waals surface area (Å²) in [6.07, 6.45) is 2.25. The maximum Gasteiger partial charge on any atom is 0.257 e. The van der Waals surface area contributed by atoms with Gasteiger partial charge in [0.2, 0.25) is 6.41 Å². The van der Waals surface area contributed by atoms with E-state index in [-0.39, 0.29) is 11.5 Å². The van der Waals surface area contributed by atoms with E-state index in [0.717, 1.165) is 6.41 Å². The molecule has 2 amide bonds. The second-order valence-corrected chi connectivity index (χ2v) is 6.64. The molecule has 1 fully saturated rings. The Balaban J connectivity index is 1.50. The molecular weight excluding hydrogens is 366 g/mol. The molecule has 2 aliphatic heterocycles. The Bertz CT molecular complexity index is 969. The molecule has 2 aromatic carbocycles. The Hall–Kier alpha value is -3.42. The van der Waals surface area contributed by atoms with Crippen LogP contribution < -0.4 is 15.5 Å². The minimum atomic E-state index is -0.439. The molecule has 6 nitrogen and oxygen atoms in total. The normalized spacial score (nSPS) is 17.5. The SMILES string of the molecule is O=CN1CCN(c2ccc(N/C=C3\C(=O)Nc4ccc(F)cc43)cc2F)CC1. The van der Waals surface area contributed by atoms with Crippen LogP contribution in [0.25, 0.3) is 5.57 Å². The number of anilines is 3. The van der Waals surface area contributed by atoms with Crippen molar-refractivity contribution in [2.75, 3.05) is 41.7 Å². The minimum Gasteiger partial charge on any atom is -0.366 e. The van der Waals surface area contributed by atoms with Crippen LogP contribution in [0, 0.1) is 11.6 Å². The predicted molar refractivity (Wildman–Crippen MR) is 103 cm³/mol. The monoisotopic (exact) mass is 384 g/mol. The van der Waals surface area contributed by atoms with Crippen LogP contribution in [0.2, 0.25) is 0 Å². The standard InChI is InChI=1S/C20H18F2N4O2/c21-13-1-3-18-15(9-13)16(20(28)24-18)11-23-14-2-4-19(17(22)10-14)26-7-5-25(12-27)6-8-26/h1-4,9-12,23H,5-8H2,(H,24,28)/b16-11-. The van der Waals surface area contributed by atoms with E-state index in [1.807, 2.05) is 4.90 Å². The van der Waals surface area contributed by atoms with Crippen LogP contribution in [0.5, 0.6) is 0 Å². The number of benzene rings is 2. The molecule has 0 saturated carbocycles. The van der Waals surface area contributed by atoms with Crippen LogP contribution in [-0.2, 0) is 9.59 Å². The zero-order chi connectivity index (χ0) is 19.7. The minimum absolute atomic E-state index is 0.281. The molecular formula is C20H18F2N4O2. The van der Waals surface area contributed by atoms with E-state index < -0.39 is 11.6 Å². The summed E-state index contributed by atoms with van der Waals surface area (Å²) < 4.78 is 28.1. The number of nitrogens with one attached hydrogen (secondary N) is 2. The number of amides is 2. The van der Waals surface area contributed by atoms with E-state index in [1.54, 1.807) is 17.0 Å². The third-order valence-electron chi connectivity index (χ3n) is 4.90. The third-order valence-corrected chi connectivity index (χ3v) is 4.90. The fourth-order valence-corrected chi connectivity index (χ4v) is 3.38. The van der Waals surface area contributed by atoms with Crippen molar-refractivity contribution in [3.63, 3.8) is 0 Å². The smallest absolute Gasteiger partial charge is 0.257 e. The van der Waals surface area contributed by atoms with Gasteiger partial charge in [0.25, 0.3) is 5.91 Å². The lowest BCUT2D eigenvalue weighted by molar-refractivity contribution is -0.118. The molecule has 0 spiro atoms. The summed E-state index contributed by atoms with van der Waals surface area (Å²) in [4.78, 5) is 26.4. The number of fused-ring (bicyclic) bond motifs is 1. The van der Waals surface area contributed by atoms with Crippen LogP contribution in [0.15, 0.2) is 42.6 Å². The highest BCUT2D eigenvalue weighted by Gasteiger charge is 2.24. The number of hydrogen-bond acceptors (Lipinski definition) is 4. The summed E-state index contributed by atoms with van der Waals surface area (Å²) in [5.41, 5.74) is 2.22. The Morgan fingerprint density at radius 2 is 1.82 bits per heavy atom. The average Bonchev–Trinajstić information content (AvgIpc) is 3.01. The summed E-state index contributed by atoms with van der Waals surface area (Å²) in [7, 11) is 0. The van der Waals surface area contributed by atoms with E-state index in [0.29, 0.717) is 48.8 Å². The van der Waals surface area contributed by atoms with Crippen molar-refractivity contribution in [3.8, 4) is 0 Å². The van der Waals surface area contributed by atoms with Crippen molar-refractivity contribution in [3.05, 3.63) is 59.8 Å². The summed E-state index contributed by atoms with van der Waals surface area (Å²) in [6, 6.07) is 8.78. The van der Waals surface area contributed by atoms with E-state index in [1.165, 1.54) is 30.5 Å². The second-order valence-electron chi connectivity index (χ2n) is 6.64. The fourth-order valence-electron chi connectivity index (χ4n) is 3.38. The summed E-state index contributed by atoms with van der Waals surface area (Å²) in [5, 5.41) is 5.57. The first kappa shape index (κ1) is 18.0. The van der Waals surface area contributed by atoms with Crippen molar-refractivity contribution in [1.82, 2.24) is 4.90 Å². The quantitative estimate of drug-likeness (QED) is 0.628. The molecule has 0 aromatic heterocycles. The molecule has 1 saturated heterocycles. The number of rotatable bonds is 4. The van der Waals surface area contributed by atoms with E-state index in [2.05, 4.69) is 10.6 Å². The topological polar surface area (TPSA) is 64.7 Å². The van der Waals surface area contributed by atoms with Crippen molar-refractivity contribution < 1.29 is 18.4 Å². The molecule has 2 aliphatic rings. The molecule has 4 rings (SSSR count). The Morgan fingerprint density at radius 3 is 2.54 bits per heavy atom. The predicted octanol–water partition coefficient (Wildman–Crippen LogP) is 2.65. The molecule has 0 aliphatic carbocycles. The molecule has 2 N–H and O–H groups in total. The maximum absolute atomic E-state index is 14.6. The lowest BCUT2D eigenvalue weighted by Crippen LogP contribution is -2.46. The first-order chi connectivity index (χ1) is 13.5. The van der Waals surface area contributed by atoms with Gasteiger partial charge in [0.15, 0.2) is 0 Å². The summed E-state index contributed by atoms with van der Waals surface area (Å²) in [5.74, 6) is -1.19. The number of piperazine rings is 1. The number of carbonyl (C=O) groups excluding carboxylic acids is 2. The molecule has 2 heterocycles. The molecule has 0 radical (unpaired) electrons. The summed E-state index contributed by atoms with van der Waals surface area (Å²) >= 11 is 0. The molecule has 144 valence electrons. The number of nitrogens with zero attached hydrogens (tertiary/aromatic N) is 2. The van der Waals surface area contributed by atoms with Gasteiger partial charge < -0.3 is 20.4 Å². The molecule has 28 heavy (non-hydrogen) atoms. The van der Waals surface area contributed by atoms with Crippen molar-refractivity contribution >= 4 is 35.0 Å². The molecule has 0 unspecified atom stereocenters. The lowest BCUT2D eigenvalue weighted by Gasteiger charge is -2.34. The highest BCUT2D eigenvalue weighted by atomic mass is 19.1. The fraction of sp³-hybridized carbons (Fsp3) is 0.200. The second kappa shape index (κ2) is 7.30. The van der Waals surface area contributed by atoms with Crippen LogP contribution in [0.4, 0.5) is 25.8 Å². The number of hydrogen-bond donors (Lipinski definition) is 2. The Kier molecular flexibility index (Phi) is 4.68. The van der Waals surface area contributed by atoms with Crippen LogP contribution >= 0.6 is 0 Å². The first-order valence-electron chi connectivity index (χ1n) is 8.87. The van der Waals surface area contributed by atoms with Crippen molar-refractivity contribution in [1.29, 1.82) is 0 Å². The first-order valence-corrected chi connectivity index (χ1v) is 8.87. The van der Waals surface area contributed by atoms with Gasteiger partial charge in [-0.15, -0.1) is 0 Å². The van der Waals surface area contributed by atoms with E-state index in [9.17, 15) is 18.4 Å². The molecule has 0 atom stereocenters. The number of halogens is 2. The molecule has 0 bridgehead atoms. The molecule has 8 heteroatoms. The average molecular weight is 384 g/mol. The number of carbonyl (C=O) groups is 2. The van der Waals surface area contributed by atoms with Gasteiger partial charge in [0, 0.05) is 49.3 Å². The van der Waals surface area contributed by atoms with Gasteiger partial charge in [-0.05, 0) is 36.4 Å². The Morgan fingerprint density at radius 1 is 1.04 bits per heavy atom. The maximum atomic E-state index is 14.6. The highest BCUT2D eigenvalue weighted by molar-refractivity contribution is 6.31. The van der Waals surface area contributed by atoms with Gasteiger partial charge in [0.05, 0.1) is 11.3 Å². The van der Waals surface area contributed by atoms with Crippen molar-refractivity contribution in [2.45, 2.75) is 0 Å². The van der Waals surface area contributed by atoms with E-state index >= 15 is 0 Å². The highest BCUT2D eigenvalue weighted by Crippen LogP contribution is 2.32. The van der Waals surface area contributed by atoms with Gasteiger partial charge in [0.1, 0.15) is 11.6 Å². The zero-order valence-electron chi connectivity index (χ0n) is 14.9. The largest absolute Gasteiger partial charge is 0.366 e. The van der Waals surface area contributed by atoms with Gasteiger partial charge in [-0.25, -0.2) is 8.78 Å². The van der Waals surface area contributed by atoms with Crippen molar-refractivity contribution in [2.24, 2.45) is 0 Å². The zero-order valence-corrected chi connectivity index (χ0v) is 14.9. The Labute approximate surface area is 160 Å². The van der Waals surface area contributed by atoms with Gasteiger partial charge in [-0.3, -0.25) is 9.59 Å². The van der Waals surface area contributed by atoms with Gasteiger partial charge in [-0.1, -0.05) is 0 Å².